The van der Waals surface area contributed by atoms with Crippen LogP contribution in [0.2, 0.25) is 0 Å². The topological polar surface area (TPSA) is 69.7 Å². The predicted molar refractivity (Wildman–Crippen MR) is 100 cm³/mol. The lowest BCUT2D eigenvalue weighted by molar-refractivity contribution is -0.117. The summed E-state index contributed by atoms with van der Waals surface area (Å²) in [4.78, 5) is 14.7. The molecular weight excluding hydrogens is 338 g/mol. The first-order valence-corrected chi connectivity index (χ1v) is 10.5. The summed E-state index contributed by atoms with van der Waals surface area (Å²) in [7, 11) is -3.53. The second kappa shape index (κ2) is 8.78. The quantitative estimate of drug-likeness (QED) is 0.804. The molecule has 25 heavy (non-hydrogen) atoms. The van der Waals surface area contributed by atoms with Crippen LogP contribution >= 0.6 is 0 Å². The summed E-state index contributed by atoms with van der Waals surface area (Å²) >= 11 is 0. The van der Waals surface area contributed by atoms with E-state index in [0.717, 1.165) is 31.5 Å². The smallest absolute Gasteiger partial charge is 0.243 e. The number of rotatable bonds is 7. The van der Waals surface area contributed by atoms with Gasteiger partial charge in [-0.2, -0.15) is 4.31 Å². The number of anilines is 1. The standard InChI is InChI=1S/C18H29N3O3S/c1-4-21(5-2)25(23,24)16-10-9-15(3)17(13-16)19-18(22)14-20-11-7-6-8-12-20/h9-10,13H,4-8,11-12,14H2,1-3H3,(H,19,22). The van der Waals surface area contributed by atoms with Gasteiger partial charge in [-0.3, -0.25) is 9.69 Å². The van der Waals surface area contributed by atoms with Crippen molar-refractivity contribution in [2.75, 3.05) is 38.0 Å². The van der Waals surface area contributed by atoms with Gasteiger partial charge in [-0.05, 0) is 50.6 Å². The van der Waals surface area contributed by atoms with Crippen LogP contribution < -0.4 is 5.32 Å². The second-order valence-corrected chi connectivity index (χ2v) is 8.39. The highest BCUT2D eigenvalue weighted by Gasteiger charge is 2.22. The molecule has 6 nitrogen and oxygen atoms in total. The summed E-state index contributed by atoms with van der Waals surface area (Å²) < 4.78 is 26.7. The fourth-order valence-corrected chi connectivity index (χ4v) is 4.60. The maximum absolute atomic E-state index is 12.7. The Morgan fingerprint density at radius 2 is 1.80 bits per heavy atom. The van der Waals surface area contributed by atoms with E-state index < -0.39 is 10.0 Å². The summed E-state index contributed by atoms with van der Waals surface area (Å²) in [6, 6.07) is 4.91. The first kappa shape index (κ1) is 19.9. The normalized spacial score (nSPS) is 16.2. The van der Waals surface area contributed by atoms with Gasteiger partial charge in [-0.15, -0.1) is 0 Å². The largest absolute Gasteiger partial charge is 0.325 e. The number of aryl methyl sites for hydroxylation is 1. The molecule has 0 aromatic heterocycles. The van der Waals surface area contributed by atoms with Gasteiger partial charge in [0.25, 0.3) is 0 Å². The Morgan fingerprint density at radius 1 is 1.16 bits per heavy atom. The van der Waals surface area contributed by atoms with Gasteiger partial charge in [0.15, 0.2) is 0 Å². The summed E-state index contributed by atoms with van der Waals surface area (Å²) in [6.07, 6.45) is 3.48. The highest BCUT2D eigenvalue weighted by molar-refractivity contribution is 7.89. The number of nitrogens with one attached hydrogen (secondary N) is 1. The van der Waals surface area contributed by atoms with Crippen LogP contribution in [0.5, 0.6) is 0 Å². The van der Waals surface area contributed by atoms with Gasteiger partial charge >= 0.3 is 0 Å². The number of hydrogen-bond acceptors (Lipinski definition) is 4. The third-order valence-electron chi connectivity index (χ3n) is 4.64. The summed E-state index contributed by atoms with van der Waals surface area (Å²) in [5.74, 6) is -0.0950. The molecule has 0 bridgehead atoms. The van der Waals surface area contributed by atoms with Crippen LogP contribution in [-0.4, -0.2) is 56.3 Å². The first-order valence-electron chi connectivity index (χ1n) is 9.01. The zero-order valence-corrected chi connectivity index (χ0v) is 16.2. The van der Waals surface area contributed by atoms with Gasteiger partial charge in [-0.25, -0.2) is 8.42 Å². The molecule has 2 rings (SSSR count). The van der Waals surface area contributed by atoms with Gasteiger partial charge < -0.3 is 5.32 Å². The van der Waals surface area contributed by atoms with Crippen molar-refractivity contribution in [2.24, 2.45) is 0 Å². The van der Waals surface area contributed by atoms with Crippen molar-refractivity contribution in [1.82, 2.24) is 9.21 Å². The molecule has 0 saturated carbocycles. The highest BCUT2D eigenvalue weighted by Crippen LogP contribution is 2.23. The molecular formula is C18H29N3O3S. The first-order chi connectivity index (χ1) is 11.9. The minimum atomic E-state index is -3.53. The van der Waals surface area contributed by atoms with Crippen LogP contribution in [0.1, 0.15) is 38.7 Å². The van der Waals surface area contributed by atoms with Crippen molar-refractivity contribution in [3.8, 4) is 0 Å². The van der Waals surface area contributed by atoms with Crippen LogP contribution in [0.25, 0.3) is 0 Å². The molecule has 1 aliphatic heterocycles. The zero-order chi connectivity index (χ0) is 18.4. The van der Waals surface area contributed by atoms with Crippen LogP contribution in [0, 0.1) is 6.92 Å². The lowest BCUT2D eigenvalue weighted by Crippen LogP contribution is -2.37. The van der Waals surface area contributed by atoms with Gasteiger partial charge in [0.2, 0.25) is 15.9 Å². The maximum Gasteiger partial charge on any atom is 0.243 e. The minimum absolute atomic E-state index is 0.0950. The molecule has 0 atom stereocenters. The Kier molecular flexibility index (Phi) is 6.98. The molecule has 1 aliphatic rings. The van der Waals surface area contributed by atoms with E-state index in [1.165, 1.54) is 10.7 Å². The van der Waals surface area contributed by atoms with Gasteiger partial charge in [0, 0.05) is 18.8 Å². The van der Waals surface area contributed by atoms with Crippen molar-refractivity contribution in [1.29, 1.82) is 0 Å². The van der Waals surface area contributed by atoms with Gasteiger partial charge in [0.1, 0.15) is 0 Å². The number of sulfonamides is 1. The molecule has 0 aliphatic carbocycles. The molecule has 0 radical (unpaired) electrons. The van der Waals surface area contributed by atoms with Crippen molar-refractivity contribution in [3.05, 3.63) is 23.8 Å². The van der Waals surface area contributed by atoms with Crippen molar-refractivity contribution in [2.45, 2.75) is 44.9 Å². The highest BCUT2D eigenvalue weighted by atomic mass is 32.2. The van der Waals surface area contributed by atoms with Gasteiger partial charge in [0.05, 0.1) is 11.4 Å². The number of likely N-dealkylation sites (tertiary alicyclic amines) is 1. The number of benzene rings is 1. The average molecular weight is 368 g/mol. The number of carbonyl (C=O) groups is 1. The van der Waals surface area contributed by atoms with Crippen molar-refractivity contribution in [3.63, 3.8) is 0 Å². The van der Waals surface area contributed by atoms with E-state index in [4.69, 9.17) is 0 Å². The minimum Gasteiger partial charge on any atom is -0.325 e. The molecule has 0 unspecified atom stereocenters. The van der Waals surface area contributed by atoms with E-state index in [0.29, 0.717) is 25.3 Å². The van der Waals surface area contributed by atoms with Crippen molar-refractivity contribution < 1.29 is 13.2 Å². The summed E-state index contributed by atoms with van der Waals surface area (Å²) in [6.45, 7) is 8.59. The van der Waals surface area contributed by atoms with E-state index in [2.05, 4.69) is 10.2 Å². The Bertz CT molecular complexity index is 694. The van der Waals surface area contributed by atoms with E-state index in [1.54, 1.807) is 18.2 Å². The van der Waals surface area contributed by atoms with E-state index in [1.807, 2.05) is 20.8 Å². The maximum atomic E-state index is 12.7. The fraction of sp³-hybridized carbons (Fsp3) is 0.611. The summed E-state index contributed by atoms with van der Waals surface area (Å²) in [5.41, 5.74) is 1.42. The Balaban J connectivity index is 2.14. The molecule has 0 spiro atoms. The molecule has 140 valence electrons. The number of hydrogen-bond donors (Lipinski definition) is 1. The molecule has 1 amide bonds. The summed E-state index contributed by atoms with van der Waals surface area (Å²) in [5, 5.41) is 2.88. The van der Waals surface area contributed by atoms with E-state index in [-0.39, 0.29) is 10.8 Å². The SMILES string of the molecule is CCN(CC)S(=O)(=O)c1ccc(C)c(NC(=O)CN2CCCCC2)c1. The molecule has 7 heteroatoms. The molecule has 1 aromatic rings. The van der Waals surface area contributed by atoms with Crippen molar-refractivity contribution >= 4 is 21.6 Å². The third-order valence-corrected chi connectivity index (χ3v) is 6.69. The Morgan fingerprint density at radius 3 is 2.40 bits per heavy atom. The number of nitrogens with zero attached hydrogens (tertiary/aromatic N) is 2. The zero-order valence-electron chi connectivity index (χ0n) is 15.4. The van der Waals surface area contributed by atoms with E-state index in [9.17, 15) is 13.2 Å². The second-order valence-electron chi connectivity index (χ2n) is 6.45. The van der Waals surface area contributed by atoms with Crippen LogP contribution in [0.15, 0.2) is 23.1 Å². The Labute approximate surface area is 151 Å². The van der Waals surface area contributed by atoms with Crippen LogP contribution in [0.4, 0.5) is 5.69 Å². The predicted octanol–water partition coefficient (Wildman–Crippen LogP) is 2.45. The van der Waals surface area contributed by atoms with Gasteiger partial charge in [-0.1, -0.05) is 26.3 Å². The fourth-order valence-electron chi connectivity index (χ4n) is 3.12. The molecule has 1 fully saturated rings. The van der Waals surface area contributed by atoms with Crippen LogP contribution in [-0.2, 0) is 14.8 Å². The lowest BCUT2D eigenvalue weighted by atomic mass is 10.1. The molecule has 1 N–H and O–H groups in total. The third kappa shape index (κ3) is 5.03. The average Bonchev–Trinajstić information content (AvgIpc) is 2.58. The molecule has 1 heterocycles. The number of piperidine rings is 1. The Hall–Kier alpha value is -1.44. The molecule has 1 saturated heterocycles. The monoisotopic (exact) mass is 367 g/mol. The van der Waals surface area contributed by atoms with E-state index >= 15 is 0 Å². The molecule has 1 aromatic carbocycles. The van der Waals surface area contributed by atoms with Crippen LogP contribution in [0.3, 0.4) is 0 Å². The lowest BCUT2D eigenvalue weighted by Gasteiger charge is -2.25. The number of amides is 1. The number of carbonyl (C=O) groups excluding carboxylic acids is 1.